The number of benzene rings is 1. The maximum atomic E-state index is 13.5. The van der Waals surface area contributed by atoms with Gasteiger partial charge in [0.25, 0.3) is 0 Å². The Kier molecular flexibility index (Phi) is 3.58. The molecule has 0 unspecified atom stereocenters. The van der Waals surface area contributed by atoms with Gasteiger partial charge in [-0.05, 0) is 30.3 Å². The number of pyridine rings is 1. The molecular weight excluding hydrogens is 257 g/mol. The molecule has 0 aliphatic carbocycles. The van der Waals surface area contributed by atoms with Crippen molar-refractivity contribution in [3.8, 4) is 5.75 Å². The first kappa shape index (κ1) is 12.5. The van der Waals surface area contributed by atoms with Gasteiger partial charge in [-0.3, -0.25) is 4.79 Å². The Morgan fingerprint density at radius 3 is 2.56 bits per heavy atom. The number of ether oxygens (including phenoxy) is 1. The molecule has 0 atom stereocenters. The van der Waals surface area contributed by atoms with Crippen molar-refractivity contribution < 1.29 is 13.9 Å². The number of halogens is 2. The maximum absolute atomic E-state index is 13.5. The van der Waals surface area contributed by atoms with Crippen molar-refractivity contribution in [3.05, 3.63) is 58.6 Å². The van der Waals surface area contributed by atoms with Crippen LogP contribution in [0.3, 0.4) is 0 Å². The van der Waals surface area contributed by atoms with Gasteiger partial charge in [0.15, 0.2) is 17.3 Å². The quantitative estimate of drug-likeness (QED) is 0.632. The molecule has 92 valence electrons. The van der Waals surface area contributed by atoms with Crippen LogP contribution in [-0.4, -0.2) is 17.9 Å². The smallest absolute Gasteiger partial charge is 0.194 e. The molecule has 0 spiro atoms. The zero-order valence-corrected chi connectivity index (χ0v) is 10.2. The van der Waals surface area contributed by atoms with Crippen molar-refractivity contribution in [2.45, 2.75) is 0 Å². The number of aromatic nitrogens is 1. The van der Waals surface area contributed by atoms with Crippen LogP contribution in [0.5, 0.6) is 5.75 Å². The van der Waals surface area contributed by atoms with Gasteiger partial charge < -0.3 is 4.74 Å². The number of rotatable bonds is 3. The van der Waals surface area contributed by atoms with E-state index in [0.717, 1.165) is 6.07 Å². The van der Waals surface area contributed by atoms with Gasteiger partial charge >= 0.3 is 0 Å². The second-order valence-electron chi connectivity index (χ2n) is 3.55. The van der Waals surface area contributed by atoms with Crippen LogP contribution in [0.4, 0.5) is 4.39 Å². The minimum atomic E-state index is -0.578. The van der Waals surface area contributed by atoms with Gasteiger partial charge in [-0.15, -0.1) is 0 Å². The Morgan fingerprint density at radius 1 is 1.28 bits per heavy atom. The summed E-state index contributed by atoms with van der Waals surface area (Å²) in [6.45, 7) is 0. The number of hydrogen-bond acceptors (Lipinski definition) is 3. The fraction of sp³-hybridized carbons (Fsp3) is 0.0769. The standard InChI is InChI=1S/C13H9ClFNO2/c1-18-11-4-2-8(6-10(11)15)13(17)9-3-5-12(14)16-7-9/h2-7H,1H3. The monoisotopic (exact) mass is 265 g/mol. The van der Waals surface area contributed by atoms with E-state index in [2.05, 4.69) is 4.98 Å². The molecule has 0 radical (unpaired) electrons. The van der Waals surface area contributed by atoms with Gasteiger partial charge in [0, 0.05) is 17.3 Å². The highest BCUT2D eigenvalue weighted by Crippen LogP contribution is 2.19. The topological polar surface area (TPSA) is 39.2 Å². The highest BCUT2D eigenvalue weighted by atomic mass is 35.5. The third-order valence-electron chi connectivity index (χ3n) is 2.40. The van der Waals surface area contributed by atoms with Crippen molar-refractivity contribution in [1.29, 1.82) is 0 Å². The lowest BCUT2D eigenvalue weighted by Crippen LogP contribution is -2.03. The Balaban J connectivity index is 2.34. The maximum Gasteiger partial charge on any atom is 0.194 e. The van der Waals surface area contributed by atoms with Gasteiger partial charge in [0.1, 0.15) is 5.15 Å². The zero-order chi connectivity index (χ0) is 13.1. The summed E-state index contributed by atoms with van der Waals surface area (Å²) >= 11 is 5.63. The van der Waals surface area contributed by atoms with E-state index in [4.69, 9.17) is 16.3 Å². The second-order valence-corrected chi connectivity index (χ2v) is 3.94. The molecule has 0 aliphatic rings. The first-order valence-corrected chi connectivity index (χ1v) is 5.49. The number of ketones is 1. The second kappa shape index (κ2) is 5.14. The molecule has 0 saturated heterocycles. The normalized spacial score (nSPS) is 10.2. The predicted molar refractivity (Wildman–Crippen MR) is 65.6 cm³/mol. The molecule has 0 aliphatic heterocycles. The lowest BCUT2D eigenvalue weighted by atomic mass is 10.0. The summed E-state index contributed by atoms with van der Waals surface area (Å²) in [5.74, 6) is -0.799. The molecular formula is C13H9ClFNO2. The van der Waals surface area contributed by atoms with Gasteiger partial charge in [0.05, 0.1) is 7.11 Å². The number of carbonyl (C=O) groups excluding carboxylic acids is 1. The van der Waals surface area contributed by atoms with Crippen molar-refractivity contribution in [1.82, 2.24) is 4.98 Å². The highest BCUT2D eigenvalue weighted by Gasteiger charge is 2.12. The van der Waals surface area contributed by atoms with E-state index < -0.39 is 5.82 Å². The van der Waals surface area contributed by atoms with Gasteiger partial charge in [0.2, 0.25) is 0 Å². The van der Waals surface area contributed by atoms with Crippen LogP contribution in [0.1, 0.15) is 15.9 Å². The highest BCUT2D eigenvalue weighted by molar-refractivity contribution is 6.29. The third-order valence-corrected chi connectivity index (χ3v) is 2.63. The van der Waals surface area contributed by atoms with Gasteiger partial charge in [-0.2, -0.15) is 0 Å². The Bertz CT molecular complexity index is 584. The fourth-order valence-corrected chi connectivity index (χ4v) is 1.60. The molecule has 1 aromatic carbocycles. The van der Waals surface area contributed by atoms with E-state index in [0.29, 0.717) is 10.7 Å². The average molecular weight is 266 g/mol. The van der Waals surface area contributed by atoms with Crippen LogP contribution in [-0.2, 0) is 0 Å². The lowest BCUT2D eigenvalue weighted by molar-refractivity contribution is 0.103. The summed E-state index contributed by atoms with van der Waals surface area (Å²) in [6.07, 6.45) is 1.35. The number of nitrogens with zero attached hydrogens (tertiary/aromatic N) is 1. The summed E-state index contributed by atoms with van der Waals surface area (Å²) in [5.41, 5.74) is 0.585. The van der Waals surface area contributed by atoms with Crippen LogP contribution in [0.25, 0.3) is 0 Å². The van der Waals surface area contributed by atoms with E-state index in [9.17, 15) is 9.18 Å². The van der Waals surface area contributed by atoms with E-state index in [-0.39, 0.29) is 17.1 Å². The van der Waals surface area contributed by atoms with Crippen LogP contribution in [0.2, 0.25) is 5.15 Å². The molecule has 0 bridgehead atoms. The van der Waals surface area contributed by atoms with Crippen molar-refractivity contribution >= 4 is 17.4 Å². The molecule has 18 heavy (non-hydrogen) atoms. The molecule has 0 amide bonds. The summed E-state index contributed by atoms with van der Waals surface area (Å²) < 4.78 is 18.3. The number of carbonyl (C=O) groups is 1. The average Bonchev–Trinajstić information content (AvgIpc) is 2.38. The van der Waals surface area contributed by atoms with Crippen molar-refractivity contribution in [2.75, 3.05) is 7.11 Å². The van der Waals surface area contributed by atoms with E-state index >= 15 is 0 Å². The lowest BCUT2D eigenvalue weighted by Gasteiger charge is -2.04. The van der Waals surface area contributed by atoms with Gasteiger partial charge in [-0.25, -0.2) is 9.37 Å². The van der Waals surface area contributed by atoms with Crippen LogP contribution < -0.4 is 4.74 Å². The molecule has 2 aromatic rings. The summed E-state index contributed by atoms with van der Waals surface area (Å²) in [5, 5.41) is 0.299. The number of hydrogen-bond donors (Lipinski definition) is 0. The Labute approximate surface area is 108 Å². The first-order chi connectivity index (χ1) is 8.61. The molecule has 1 aromatic heterocycles. The zero-order valence-electron chi connectivity index (χ0n) is 9.48. The molecule has 0 fully saturated rings. The van der Waals surface area contributed by atoms with Crippen LogP contribution >= 0.6 is 11.6 Å². The summed E-state index contributed by atoms with van der Waals surface area (Å²) in [6, 6.07) is 7.09. The minimum Gasteiger partial charge on any atom is -0.494 e. The van der Waals surface area contributed by atoms with E-state index in [1.807, 2.05) is 0 Å². The third kappa shape index (κ3) is 2.49. The fourth-order valence-electron chi connectivity index (χ4n) is 1.48. The SMILES string of the molecule is COc1ccc(C(=O)c2ccc(Cl)nc2)cc1F. The van der Waals surface area contributed by atoms with E-state index in [1.54, 1.807) is 6.07 Å². The van der Waals surface area contributed by atoms with Crippen molar-refractivity contribution in [2.24, 2.45) is 0 Å². The van der Waals surface area contributed by atoms with E-state index in [1.165, 1.54) is 31.5 Å². The largest absolute Gasteiger partial charge is 0.494 e. The summed E-state index contributed by atoms with van der Waals surface area (Å²) in [7, 11) is 1.36. The van der Waals surface area contributed by atoms with Gasteiger partial charge in [-0.1, -0.05) is 11.6 Å². The predicted octanol–water partition coefficient (Wildman–Crippen LogP) is 3.11. The Morgan fingerprint density at radius 2 is 2.00 bits per heavy atom. The van der Waals surface area contributed by atoms with Crippen LogP contribution in [0.15, 0.2) is 36.5 Å². The number of methoxy groups -OCH3 is 1. The summed E-state index contributed by atoms with van der Waals surface area (Å²) in [4.78, 5) is 15.8. The molecule has 3 nitrogen and oxygen atoms in total. The molecule has 0 N–H and O–H groups in total. The van der Waals surface area contributed by atoms with Crippen LogP contribution in [0, 0.1) is 5.82 Å². The molecule has 2 rings (SSSR count). The van der Waals surface area contributed by atoms with Crippen molar-refractivity contribution in [3.63, 3.8) is 0 Å². The molecule has 5 heteroatoms. The molecule has 1 heterocycles. The molecule has 0 saturated carbocycles. The minimum absolute atomic E-state index is 0.0979. The first-order valence-electron chi connectivity index (χ1n) is 5.11. The Hall–Kier alpha value is -1.94.